The molecule has 2 aliphatic heterocycles. The van der Waals surface area contributed by atoms with Gasteiger partial charge >= 0.3 is 0 Å². The Morgan fingerprint density at radius 1 is 1.13 bits per heavy atom. The van der Waals surface area contributed by atoms with Crippen molar-refractivity contribution in [3.05, 3.63) is 0 Å². The van der Waals surface area contributed by atoms with Gasteiger partial charge in [-0.3, -0.25) is 9.69 Å². The van der Waals surface area contributed by atoms with Crippen molar-refractivity contribution >= 4 is 18.3 Å². The number of hydrogen-bond acceptors (Lipinski definition) is 5. The van der Waals surface area contributed by atoms with E-state index in [-0.39, 0.29) is 29.9 Å². The minimum absolute atomic E-state index is 0. The van der Waals surface area contributed by atoms with Crippen LogP contribution in [0.15, 0.2) is 0 Å². The van der Waals surface area contributed by atoms with Crippen molar-refractivity contribution in [2.45, 2.75) is 43.7 Å². The summed E-state index contributed by atoms with van der Waals surface area (Å²) < 4.78 is 10.9. The van der Waals surface area contributed by atoms with Crippen molar-refractivity contribution in [1.82, 2.24) is 15.5 Å². The van der Waals surface area contributed by atoms with Gasteiger partial charge in [0.25, 0.3) is 0 Å². The van der Waals surface area contributed by atoms with E-state index in [0.717, 1.165) is 39.4 Å². The van der Waals surface area contributed by atoms with E-state index >= 15 is 0 Å². The highest BCUT2D eigenvalue weighted by Crippen LogP contribution is 2.33. The topological polar surface area (TPSA) is 62.8 Å². The van der Waals surface area contributed by atoms with Crippen LogP contribution in [0.2, 0.25) is 0 Å². The summed E-state index contributed by atoms with van der Waals surface area (Å²) >= 11 is 0. The highest BCUT2D eigenvalue weighted by atomic mass is 35.5. The summed E-state index contributed by atoms with van der Waals surface area (Å²) in [6.07, 6.45) is 6.21. The molecule has 1 unspecified atom stereocenters. The molecule has 1 saturated carbocycles. The van der Waals surface area contributed by atoms with Crippen molar-refractivity contribution < 1.29 is 14.3 Å². The first-order valence-electron chi connectivity index (χ1n) is 8.72. The van der Waals surface area contributed by atoms with Crippen molar-refractivity contribution in [1.29, 1.82) is 0 Å². The van der Waals surface area contributed by atoms with Gasteiger partial charge in [0.05, 0.1) is 26.4 Å². The summed E-state index contributed by atoms with van der Waals surface area (Å²) in [7, 11) is 0. The Hall–Kier alpha value is -0.400. The van der Waals surface area contributed by atoms with Crippen LogP contribution in [0.3, 0.4) is 0 Å². The Morgan fingerprint density at radius 3 is 2.52 bits per heavy atom. The molecule has 7 heteroatoms. The second kappa shape index (κ2) is 9.18. The molecule has 0 aromatic heterocycles. The second-order valence-electron chi connectivity index (χ2n) is 6.68. The lowest BCUT2D eigenvalue weighted by molar-refractivity contribution is -0.127. The molecule has 2 N–H and O–H groups in total. The Kier molecular flexibility index (Phi) is 7.56. The van der Waals surface area contributed by atoms with Gasteiger partial charge in [0.15, 0.2) is 0 Å². The predicted molar refractivity (Wildman–Crippen MR) is 91.1 cm³/mol. The largest absolute Gasteiger partial charge is 0.379 e. The molecule has 0 aromatic rings. The quantitative estimate of drug-likeness (QED) is 0.777. The van der Waals surface area contributed by atoms with Gasteiger partial charge in [-0.15, -0.1) is 12.4 Å². The van der Waals surface area contributed by atoms with E-state index in [1.165, 1.54) is 32.1 Å². The summed E-state index contributed by atoms with van der Waals surface area (Å²) in [5.74, 6) is 0.0814. The van der Waals surface area contributed by atoms with Crippen molar-refractivity contribution in [2.75, 3.05) is 52.6 Å². The molecule has 134 valence electrons. The Labute approximate surface area is 145 Å². The van der Waals surface area contributed by atoms with Gasteiger partial charge in [-0.1, -0.05) is 19.3 Å². The maximum Gasteiger partial charge on any atom is 0.239 e. The SMILES string of the molecule is Cl.O=C(NCC1(N2CCOCC2)CCCCC1)C1COCCN1. The number of amides is 1. The average Bonchev–Trinajstić information content (AvgIpc) is 2.62. The summed E-state index contributed by atoms with van der Waals surface area (Å²) in [6, 6.07) is -0.195. The molecule has 3 fully saturated rings. The van der Waals surface area contributed by atoms with Crippen LogP contribution in [0, 0.1) is 0 Å². The molecule has 1 aliphatic carbocycles. The van der Waals surface area contributed by atoms with Crippen molar-refractivity contribution in [3.8, 4) is 0 Å². The van der Waals surface area contributed by atoms with Crippen LogP contribution in [-0.4, -0.2) is 75.0 Å². The minimum atomic E-state index is -0.195. The van der Waals surface area contributed by atoms with E-state index < -0.39 is 0 Å². The number of carbonyl (C=O) groups excluding carboxylic acids is 1. The molecule has 23 heavy (non-hydrogen) atoms. The monoisotopic (exact) mass is 347 g/mol. The van der Waals surface area contributed by atoms with Crippen LogP contribution < -0.4 is 10.6 Å². The summed E-state index contributed by atoms with van der Waals surface area (Å²) in [5.41, 5.74) is 0.132. The van der Waals surface area contributed by atoms with E-state index in [1.807, 2.05) is 0 Å². The van der Waals surface area contributed by atoms with E-state index in [9.17, 15) is 4.79 Å². The summed E-state index contributed by atoms with van der Waals surface area (Å²) in [4.78, 5) is 14.9. The van der Waals surface area contributed by atoms with Gasteiger partial charge in [-0.2, -0.15) is 0 Å². The van der Waals surface area contributed by atoms with Crippen LogP contribution in [0.4, 0.5) is 0 Å². The number of morpholine rings is 2. The normalized spacial score (nSPS) is 28.6. The molecule has 2 saturated heterocycles. The van der Waals surface area contributed by atoms with Crippen molar-refractivity contribution in [3.63, 3.8) is 0 Å². The van der Waals surface area contributed by atoms with Gasteiger partial charge in [0.2, 0.25) is 5.91 Å². The first-order chi connectivity index (χ1) is 10.8. The lowest BCUT2D eigenvalue weighted by Gasteiger charge is -2.48. The van der Waals surface area contributed by atoms with Gasteiger partial charge < -0.3 is 20.1 Å². The first kappa shape index (κ1) is 18.9. The lowest BCUT2D eigenvalue weighted by Crippen LogP contribution is -2.61. The fraction of sp³-hybridized carbons (Fsp3) is 0.938. The van der Waals surface area contributed by atoms with Crippen molar-refractivity contribution in [2.24, 2.45) is 0 Å². The molecule has 3 rings (SSSR count). The third-order valence-electron chi connectivity index (χ3n) is 5.30. The van der Waals surface area contributed by atoms with E-state index in [4.69, 9.17) is 9.47 Å². The smallest absolute Gasteiger partial charge is 0.239 e. The number of nitrogens with zero attached hydrogens (tertiary/aromatic N) is 1. The number of nitrogens with one attached hydrogen (secondary N) is 2. The van der Waals surface area contributed by atoms with Gasteiger partial charge in [-0.05, 0) is 12.8 Å². The van der Waals surface area contributed by atoms with Crippen LogP contribution in [0.1, 0.15) is 32.1 Å². The number of ether oxygens (including phenoxy) is 2. The zero-order chi connectivity index (χ0) is 15.3. The van der Waals surface area contributed by atoms with E-state index in [0.29, 0.717) is 13.2 Å². The summed E-state index contributed by atoms with van der Waals surface area (Å²) in [5, 5.41) is 6.42. The number of halogens is 1. The molecule has 2 heterocycles. The van der Waals surface area contributed by atoms with Crippen LogP contribution in [0.25, 0.3) is 0 Å². The van der Waals surface area contributed by atoms with E-state index in [1.54, 1.807) is 0 Å². The lowest BCUT2D eigenvalue weighted by atomic mass is 9.79. The molecule has 1 amide bonds. The Bertz CT molecular complexity index is 366. The second-order valence-corrected chi connectivity index (χ2v) is 6.68. The molecule has 3 aliphatic rings. The third kappa shape index (κ3) is 4.79. The molecular weight excluding hydrogens is 318 g/mol. The number of rotatable bonds is 4. The average molecular weight is 348 g/mol. The highest BCUT2D eigenvalue weighted by Gasteiger charge is 2.39. The molecule has 0 spiro atoms. The van der Waals surface area contributed by atoms with Crippen LogP contribution in [-0.2, 0) is 14.3 Å². The fourth-order valence-electron chi connectivity index (χ4n) is 3.96. The minimum Gasteiger partial charge on any atom is -0.379 e. The van der Waals surface area contributed by atoms with Gasteiger partial charge in [0.1, 0.15) is 6.04 Å². The number of carbonyl (C=O) groups is 1. The Morgan fingerprint density at radius 2 is 1.87 bits per heavy atom. The first-order valence-corrected chi connectivity index (χ1v) is 8.72. The maximum absolute atomic E-state index is 12.4. The fourth-order valence-corrected chi connectivity index (χ4v) is 3.96. The van der Waals surface area contributed by atoms with Gasteiger partial charge in [-0.25, -0.2) is 0 Å². The molecule has 0 aromatic carbocycles. The number of hydrogen-bond donors (Lipinski definition) is 2. The van der Waals surface area contributed by atoms with Gasteiger partial charge in [0, 0.05) is 31.7 Å². The zero-order valence-electron chi connectivity index (χ0n) is 13.8. The molecule has 0 bridgehead atoms. The third-order valence-corrected chi connectivity index (χ3v) is 5.30. The Balaban J connectivity index is 0.00000192. The van der Waals surface area contributed by atoms with Crippen LogP contribution >= 0.6 is 12.4 Å². The zero-order valence-corrected chi connectivity index (χ0v) is 14.7. The predicted octanol–water partition coefficient (Wildman–Crippen LogP) is 0.548. The molecule has 1 atom stereocenters. The summed E-state index contributed by atoms with van der Waals surface area (Å²) in [6.45, 7) is 6.29. The van der Waals surface area contributed by atoms with E-state index in [2.05, 4.69) is 15.5 Å². The standard InChI is InChI=1S/C16H29N3O3.ClH/c20-15(14-12-22-9-6-17-14)18-13-16(4-2-1-3-5-16)19-7-10-21-11-8-19;/h14,17H,1-13H2,(H,18,20);1H. The molecule has 0 radical (unpaired) electrons. The molecular formula is C16H30ClN3O3. The molecule has 6 nitrogen and oxygen atoms in total. The maximum atomic E-state index is 12.4. The highest BCUT2D eigenvalue weighted by molar-refractivity contribution is 5.85. The van der Waals surface area contributed by atoms with Crippen LogP contribution in [0.5, 0.6) is 0 Å².